The molecule has 1 saturated heterocycles. The largest absolute Gasteiger partial charge is 0.337 e. The van der Waals surface area contributed by atoms with Gasteiger partial charge in [-0.15, -0.1) is 0 Å². The maximum atomic E-state index is 12.6. The van der Waals surface area contributed by atoms with Gasteiger partial charge in [0.1, 0.15) is 5.69 Å². The number of benzene rings is 1. The van der Waals surface area contributed by atoms with Crippen LogP contribution in [0.4, 0.5) is 11.6 Å². The van der Waals surface area contributed by atoms with Crippen molar-refractivity contribution in [3.05, 3.63) is 46.8 Å². The third kappa shape index (κ3) is 3.40. The fraction of sp³-hybridized carbons (Fsp3) is 0.421. The first-order valence-electron chi connectivity index (χ1n) is 8.59. The van der Waals surface area contributed by atoms with E-state index in [2.05, 4.69) is 47.3 Å². The summed E-state index contributed by atoms with van der Waals surface area (Å²) in [5.74, 6) is 0.489. The topological polar surface area (TPSA) is 58.1 Å². The van der Waals surface area contributed by atoms with Gasteiger partial charge >= 0.3 is 0 Å². The number of aryl methyl sites for hydroxylation is 3. The third-order valence-electron chi connectivity index (χ3n) is 4.44. The van der Waals surface area contributed by atoms with Gasteiger partial charge in [-0.3, -0.25) is 4.79 Å². The van der Waals surface area contributed by atoms with Gasteiger partial charge in [-0.2, -0.15) is 0 Å². The van der Waals surface area contributed by atoms with Crippen molar-refractivity contribution in [2.24, 2.45) is 0 Å². The highest BCUT2D eigenvalue weighted by atomic mass is 16.2. The average Bonchev–Trinajstić information content (AvgIpc) is 3.10. The maximum Gasteiger partial charge on any atom is 0.272 e. The SMILES string of the molecule is CCc1cccc(C)c1Nc1nc(C)cc(C(=O)N2CCCC2)n1. The number of anilines is 2. The Kier molecular flexibility index (Phi) is 4.79. The molecule has 1 aliphatic heterocycles. The predicted octanol–water partition coefficient (Wildman–Crippen LogP) is 3.64. The number of amides is 1. The lowest BCUT2D eigenvalue weighted by atomic mass is 10.1. The maximum absolute atomic E-state index is 12.6. The summed E-state index contributed by atoms with van der Waals surface area (Å²) in [7, 11) is 0. The Morgan fingerprint density at radius 3 is 2.67 bits per heavy atom. The summed E-state index contributed by atoms with van der Waals surface area (Å²) in [5, 5.41) is 3.33. The Morgan fingerprint density at radius 1 is 1.21 bits per heavy atom. The Balaban J connectivity index is 1.91. The van der Waals surface area contributed by atoms with Crippen LogP contribution < -0.4 is 5.32 Å². The van der Waals surface area contributed by atoms with E-state index in [0.29, 0.717) is 11.6 Å². The smallest absolute Gasteiger partial charge is 0.272 e. The molecule has 2 aromatic rings. The van der Waals surface area contributed by atoms with Crippen LogP contribution in [-0.2, 0) is 6.42 Å². The number of hydrogen-bond acceptors (Lipinski definition) is 4. The van der Waals surface area contributed by atoms with Crippen molar-refractivity contribution in [2.75, 3.05) is 18.4 Å². The fourth-order valence-corrected chi connectivity index (χ4v) is 3.13. The molecule has 0 radical (unpaired) electrons. The van der Waals surface area contributed by atoms with Crippen molar-refractivity contribution in [1.82, 2.24) is 14.9 Å². The second kappa shape index (κ2) is 6.99. The molecule has 3 rings (SSSR count). The zero-order valence-corrected chi connectivity index (χ0v) is 14.6. The van der Waals surface area contributed by atoms with E-state index in [9.17, 15) is 4.79 Å². The van der Waals surface area contributed by atoms with Crippen LogP contribution in [0.25, 0.3) is 0 Å². The first-order chi connectivity index (χ1) is 11.6. The molecule has 1 amide bonds. The molecule has 1 aromatic heterocycles. The first-order valence-corrected chi connectivity index (χ1v) is 8.59. The van der Waals surface area contributed by atoms with Gasteiger partial charge < -0.3 is 10.2 Å². The highest BCUT2D eigenvalue weighted by molar-refractivity contribution is 5.93. The second-order valence-corrected chi connectivity index (χ2v) is 6.31. The molecular formula is C19H24N4O. The Hall–Kier alpha value is -2.43. The van der Waals surface area contributed by atoms with Crippen molar-refractivity contribution >= 4 is 17.5 Å². The fourth-order valence-electron chi connectivity index (χ4n) is 3.13. The van der Waals surface area contributed by atoms with Crippen LogP contribution in [0.15, 0.2) is 24.3 Å². The van der Waals surface area contributed by atoms with Crippen molar-refractivity contribution in [2.45, 2.75) is 40.0 Å². The van der Waals surface area contributed by atoms with Gasteiger partial charge in [0, 0.05) is 24.5 Å². The lowest BCUT2D eigenvalue weighted by Gasteiger charge is -2.16. The molecule has 1 aromatic carbocycles. The van der Waals surface area contributed by atoms with Crippen LogP contribution in [-0.4, -0.2) is 33.9 Å². The number of nitrogens with one attached hydrogen (secondary N) is 1. The van der Waals surface area contributed by atoms with Gasteiger partial charge in [0.25, 0.3) is 5.91 Å². The molecule has 1 N–H and O–H groups in total. The van der Waals surface area contributed by atoms with Gasteiger partial charge in [-0.1, -0.05) is 25.1 Å². The van der Waals surface area contributed by atoms with Crippen LogP contribution in [0.2, 0.25) is 0 Å². The average molecular weight is 324 g/mol. The van der Waals surface area contributed by atoms with Crippen LogP contribution in [0.1, 0.15) is 47.1 Å². The molecule has 0 spiro atoms. The molecule has 0 saturated carbocycles. The number of carbonyl (C=O) groups excluding carboxylic acids is 1. The number of rotatable bonds is 4. The van der Waals surface area contributed by atoms with Crippen LogP contribution in [0.5, 0.6) is 0 Å². The summed E-state index contributed by atoms with van der Waals surface area (Å²) >= 11 is 0. The molecule has 2 heterocycles. The molecule has 126 valence electrons. The zero-order valence-electron chi connectivity index (χ0n) is 14.6. The van der Waals surface area contributed by atoms with Crippen molar-refractivity contribution in [3.8, 4) is 0 Å². The molecule has 1 fully saturated rings. The summed E-state index contributed by atoms with van der Waals surface area (Å²) < 4.78 is 0. The van der Waals surface area contributed by atoms with Crippen molar-refractivity contribution < 1.29 is 4.79 Å². The molecule has 0 unspecified atom stereocenters. The molecule has 5 heteroatoms. The van der Waals surface area contributed by atoms with Crippen molar-refractivity contribution in [3.63, 3.8) is 0 Å². The zero-order chi connectivity index (χ0) is 17.1. The minimum absolute atomic E-state index is 0.00143. The number of nitrogens with zero attached hydrogens (tertiary/aromatic N) is 3. The van der Waals surface area contributed by atoms with E-state index in [-0.39, 0.29) is 5.91 Å². The van der Waals surface area contributed by atoms with Gasteiger partial charge in [0.2, 0.25) is 5.95 Å². The molecule has 24 heavy (non-hydrogen) atoms. The minimum atomic E-state index is 0.00143. The van der Waals surface area contributed by atoms with Crippen molar-refractivity contribution in [1.29, 1.82) is 0 Å². The van der Waals surface area contributed by atoms with Gasteiger partial charge in [-0.05, 0) is 50.3 Å². The number of para-hydroxylation sites is 1. The third-order valence-corrected chi connectivity index (χ3v) is 4.44. The van der Waals surface area contributed by atoms with Crippen LogP contribution >= 0.6 is 0 Å². The summed E-state index contributed by atoms with van der Waals surface area (Å²) in [6.45, 7) is 7.73. The lowest BCUT2D eigenvalue weighted by molar-refractivity contribution is 0.0787. The van der Waals surface area contributed by atoms with E-state index in [0.717, 1.165) is 49.3 Å². The monoisotopic (exact) mass is 324 g/mol. The minimum Gasteiger partial charge on any atom is -0.337 e. The van der Waals surface area contributed by atoms with Gasteiger partial charge in [-0.25, -0.2) is 9.97 Å². The van der Waals surface area contributed by atoms with E-state index in [1.165, 1.54) is 5.56 Å². The Morgan fingerprint density at radius 2 is 1.96 bits per heavy atom. The van der Waals surface area contributed by atoms with Crippen LogP contribution in [0.3, 0.4) is 0 Å². The van der Waals surface area contributed by atoms with E-state index < -0.39 is 0 Å². The summed E-state index contributed by atoms with van der Waals surface area (Å²) in [4.78, 5) is 23.4. The molecule has 5 nitrogen and oxygen atoms in total. The Labute approximate surface area is 143 Å². The summed E-state index contributed by atoms with van der Waals surface area (Å²) in [5.41, 5.74) is 4.66. The molecule has 0 aliphatic carbocycles. The van der Waals surface area contributed by atoms with Crippen LogP contribution in [0, 0.1) is 13.8 Å². The van der Waals surface area contributed by atoms with E-state index in [4.69, 9.17) is 0 Å². The number of aromatic nitrogens is 2. The normalized spacial score (nSPS) is 14.0. The lowest BCUT2D eigenvalue weighted by Crippen LogP contribution is -2.28. The van der Waals surface area contributed by atoms with Gasteiger partial charge in [0.05, 0.1) is 0 Å². The number of hydrogen-bond donors (Lipinski definition) is 1. The van der Waals surface area contributed by atoms with E-state index in [1.807, 2.05) is 11.8 Å². The molecular weight excluding hydrogens is 300 g/mol. The summed E-state index contributed by atoms with van der Waals surface area (Å²) in [6.07, 6.45) is 3.07. The molecule has 1 aliphatic rings. The van der Waals surface area contributed by atoms with E-state index in [1.54, 1.807) is 6.07 Å². The standard InChI is InChI=1S/C19H24N4O/c1-4-15-9-7-8-13(2)17(15)22-19-20-14(3)12-16(21-19)18(24)23-10-5-6-11-23/h7-9,12H,4-6,10-11H2,1-3H3,(H,20,21,22). The quantitative estimate of drug-likeness (QED) is 0.933. The first kappa shape index (κ1) is 16.4. The van der Waals surface area contributed by atoms with Gasteiger partial charge in [0.15, 0.2) is 0 Å². The van der Waals surface area contributed by atoms with E-state index >= 15 is 0 Å². The number of carbonyl (C=O) groups is 1. The molecule has 0 atom stereocenters. The highest BCUT2D eigenvalue weighted by Crippen LogP contribution is 2.24. The highest BCUT2D eigenvalue weighted by Gasteiger charge is 2.21. The predicted molar refractivity (Wildman–Crippen MR) is 95.7 cm³/mol. The Bertz CT molecular complexity index is 751. The molecule has 0 bridgehead atoms. The summed E-state index contributed by atoms with van der Waals surface area (Å²) in [6, 6.07) is 7.98. The number of likely N-dealkylation sites (tertiary alicyclic amines) is 1. The second-order valence-electron chi connectivity index (χ2n) is 6.31.